The maximum Gasteiger partial charge on any atom is 0.317 e. The van der Waals surface area contributed by atoms with Crippen LogP contribution in [0.1, 0.15) is 31.9 Å². The number of rotatable bonds is 3. The molecule has 0 saturated carbocycles. The maximum atomic E-state index is 13.7. The van der Waals surface area contributed by atoms with Crippen molar-refractivity contribution in [2.45, 2.75) is 32.4 Å². The van der Waals surface area contributed by atoms with Crippen LogP contribution in [0.2, 0.25) is 0 Å². The average Bonchev–Trinajstić information content (AvgIpc) is 2.49. The molecule has 5 nitrogen and oxygen atoms in total. The Kier molecular flexibility index (Phi) is 5.24. The first-order valence-electron chi connectivity index (χ1n) is 7.49. The number of hydrogen-bond donors (Lipinski definition) is 2. The minimum absolute atomic E-state index is 0.176. The molecule has 0 radical (unpaired) electrons. The molecule has 2 rings (SSSR count). The summed E-state index contributed by atoms with van der Waals surface area (Å²) in [5.41, 5.74) is 0.664. The number of aliphatic hydroxyl groups excluding tert-OH is 1. The molecule has 6 heteroatoms. The molecule has 3 atom stereocenters. The number of halogens is 1. The van der Waals surface area contributed by atoms with E-state index in [1.54, 1.807) is 24.0 Å². The van der Waals surface area contributed by atoms with Crippen molar-refractivity contribution in [2.75, 3.05) is 20.2 Å². The van der Waals surface area contributed by atoms with Crippen LogP contribution in [0.15, 0.2) is 18.2 Å². The summed E-state index contributed by atoms with van der Waals surface area (Å²) in [6, 6.07) is 4.05. The highest BCUT2D eigenvalue weighted by molar-refractivity contribution is 5.74. The highest BCUT2D eigenvalue weighted by Gasteiger charge is 2.27. The monoisotopic (exact) mass is 310 g/mol. The van der Waals surface area contributed by atoms with Gasteiger partial charge in [0, 0.05) is 13.1 Å². The zero-order chi connectivity index (χ0) is 16.3. The van der Waals surface area contributed by atoms with E-state index in [1.165, 1.54) is 13.2 Å². The molecule has 2 amide bonds. The van der Waals surface area contributed by atoms with Gasteiger partial charge in [-0.25, -0.2) is 9.18 Å². The van der Waals surface area contributed by atoms with Crippen LogP contribution in [0, 0.1) is 11.7 Å². The van der Waals surface area contributed by atoms with E-state index in [1.807, 2.05) is 6.92 Å². The number of methoxy groups -OCH3 is 1. The summed E-state index contributed by atoms with van der Waals surface area (Å²) in [6.07, 6.45) is 0.286. The van der Waals surface area contributed by atoms with E-state index in [0.29, 0.717) is 18.7 Å². The lowest BCUT2D eigenvalue weighted by molar-refractivity contribution is 0.0431. The predicted octanol–water partition coefficient (Wildman–Crippen LogP) is 2.31. The van der Waals surface area contributed by atoms with Gasteiger partial charge in [-0.15, -0.1) is 0 Å². The van der Waals surface area contributed by atoms with Crippen molar-refractivity contribution in [3.63, 3.8) is 0 Å². The number of aliphatic hydroxyl groups is 1. The molecule has 0 bridgehead atoms. The van der Waals surface area contributed by atoms with Crippen molar-refractivity contribution in [2.24, 2.45) is 5.92 Å². The number of likely N-dealkylation sites (tertiary alicyclic amines) is 1. The molecule has 22 heavy (non-hydrogen) atoms. The van der Waals surface area contributed by atoms with Crippen molar-refractivity contribution in [1.82, 2.24) is 10.2 Å². The molecule has 1 aliphatic heterocycles. The van der Waals surface area contributed by atoms with Gasteiger partial charge < -0.3 is 20.1 Å². The molecule has 1 aliphatic rings. The van der Waals surface area contributed by atoms with Crippen LogP contribution < -0.4 is 10.1 Å². The number of hydrogen-bond acceptors (Lipinski definition) is 3. The predicted molar refractivity (Wildman–Crippen MR) is 81.3 cm³/mol. The van der Waals surface area contributed by atoms with Gasteiger partial charge in [-0.1, -0.05) is 13.0 Å². The Morgan fingerprint density at radius 3 is 2.86 bits per heavy atom. The van der Waals surface area contributed by atoms with Gasteiger partial charge in [0.05, 0.1) is 19.3 Å². The first kappa shape index (κ1) is 16.5. The molecule has 0 spiro atoms. The summed E-state index contributed by atoms with van der Waals surface area (Å²) in [5, 5.41) is 12.7. The minimum Gasteiger partial charge on any atom is -0.494 e. The van der Waals surface area contributed by atoms with Crippen LogP contribution >= 0.6 is 0 Å². The standard InChI is InChI=1S/C16H23FN2O3/c1-10-6-7-19(9-14(10)20)16(21)18-11(2)12-4-5-15(22-3)13(17)8-12/h4-5,8,10-11,14,20H,6-7,9H2,1-3H3,(H,18,21). The van der Waals surface area contributed by atoms with Crippen LogP contribution in [0.4, 0.5) is 9.18 Å². The Morgan fingerprint density at radius 1 is 1.55 bits per heavy atom. The minimum atomic E-state index is -0.492. The van der Waals surface area contributed by atoms with E-state index in [-0.39, 0.29) is 23.7 Å². The summed E-state index contributed by atoms with van der Waals surface area (Å²) in [7, 11) is 1.41. The van der Waals surface area contributed by atoms with Gasteiger partial charge in [0.1, 0.15) is 0 Å². The summed E-state index contributed by atoms with van der Waals surface area (Å²) in [4.78, 5) is 13.8. The second-order valence-electron chi connectivity index (χ2n) is 5.84. The maximum absolute atomic E-state index is 13.7. The molecule has 1 heterocycles. The average molecular weight is 310 g/mol. The van der Waals surface area contributed by atoms with Crippen molar-refractivity contribution >= 4 is 6.03 Å². The van der Waals surface area contributed by atoms with Gasteiger partial charge in [0.2, 0.25) is 0 Å². The van der Waals surface area contributed by atoms with Crippen LogP contribution in [0.3, 0.4) is 0 Å². The number of nitrogens with zero attached hydrogens (tertiary/aromatic N) is 1. The molecule has 3 unspecified atom stereocenters. The van der Waals surface area contributed by atoms with Crippen LogP contribution in [0.5, 0.6) is 5.75 Å². The lowest BCUT2D eigenvalue weighted by Gasteiger charge is -2.35. The fraction of sp³-hybridized carbons (Fsp3) is 0.562. The fourth-order valence-corrected chi connectivity index (χ4v) is 2.55. The highest BCUT2D eigenvalue weighted by atomic mass is 19.1. The number of β-amino-alcohol motifs (C(OH)–C–C–N with tert-alkyl or cyclic N) is 1. The molecular formula is C16H23FN2O3. The van der Waals surface area contributed by atoms with E-state index in [4.69, 9.17) is 4.74 Å². The quantitative estimate of drug-likeness (QED) is 0.900. The molecule has 0 aliphatic carbocycles. The molecule has 122 valence electrons. The number of carbonyl (C=O) groups is 1. The fourth-order valence-electron chi connectivity index (χ4n) is 2.55. The summed E-state index contributed by atoms with van der Waals surface area (Å²) in [5.74, 6) is -0.0732. The third-order valence-corrected chi connectivity index (χ3v) is 4.22. The van der Waals surface area contributed by atoms with Gasteiger partial charge in [0.15, 0.2) is 11.6 Å². The van der Waals surface area contributed by atoms with Crippen molar-refractivity contribution in [3.8, 4) is 5.75 Å². The topological polar surface area (TPSA) is 61.8 Å². The third-order valence-electron chi connectivity index (χ3n) is 4.22. The SMILES string of the molecule is COc1ccc(C(C)NC(=O)N2CCC(C)C(O)C2)cc1F. The number of carbonyl (C=O) groups excluding carboxylic acids is 1. The number of nitrogens with one attached hydrogen (secondary N) is 1. The number of piperidine rings is 1. The van der Waals surface area contributed by atoms with Crippen molar-refractivity contribution < 1.29 is 19.0 Å². The number of amides is 2. The lowest BCUT2D eigenvalue weighted by Crippen LogP contribution is -2.50. The molecule has 1 saturated heterocycles. The van der Waals surface area contributed by atoms with Crippen molar-refractivity contribution in [1.29, 1.82) is 0 Å². The molecule has 1 aromatic carbocycles. The van der Waals surface area contributed by atoms with Gasteiger partial charge in [-0.3, -0.25) is 0 Å². The first-order valence-corrected chi connectivity index (χ1v) is 7.49. The van der Waals surface area contributed by atoms with Gasteiger partial charge in [-0.05, 0) is 37.0 Å². The molecule has 1 aromatic rings. The zero-order valence-electron chi connectivity index (χ0n) is 13.2. The second kappa shape index (κ2) is 6.96. The highest BCUT2D eigenvalue weighted by Crippen LogP contribution is 2.22. The number of ether oxygens (including phenoxy) is 1. The van der Waals surface area contributed by atoms with Gasteiger partial charge in [-0.2, -0.15) is 0 Å². The van der Waals surface area contributed by atoms with E-state index >= 15 is 0 Å². The molecular weight excluding hydrogens is 287 g/mol. The Balaban J connectivity index is 1.98. The largest absolute Gasteiger partial charge is 0.494 e. The smallest absolute Gasteiger partial charge is 0.317 e. The Hall–Kier alpha value is -1.82. The van der Waals surface area contributed by atoms with E-state index in [9.17, 15) is 14.3 Å². The summed E-state index contributed by atoms with van der Waals surface area (Å²) in [6.45, 7) is 4.72. The summed E-state index contributed by atoms with van der Waals surface area (Å²) < 4.78 is 18.6. The summed E-state index contributed by atoms with van der Waals surface area (Å²) >= 11 is 0. The van der Waals surface area contributed by atoms with E-state index < -0.39 is 11.9 Å². The Labute approximate surface area is 130 Å². The molecule has 1 fully saturated rings. The molecule has 0 aromatic heterocycles. The molecule has 2 N–H and O–H groups in total. The Bertz CT molecular complexity index is 538. The van der Waals surface area contributed by atoms with E-state index in [2.05, 4.69) is 5.32 Å². The third kappa shape index (κ3) is 3.68. The van der Waals surface area contributed by atoms with Gasteiger partial charge in [0.25, 0.3) is 0 Å². The van der Waals surface area contributed by atoms with Crippen LogP contribution in [-0.2, 0) is 0 Å². The van der Waals surface area contributed by atoms with Crippen LogP contribution in [-0.4, -0.2) is 42.3 Å². The second-order valence-corrected chi connectivity index (χ2v) is 5.84. The van der Waals surface area contributed by atoms with E-state index in [0.717, 1.165) is 6.42 Å². The van der Waals surface area contributed by atoms with Gasteiger partial charge >= 0.3 is 6.03 Å². The number of urea groups is 1. The lowest BCUT2D eigenvalue weighted by atomic mass is 9.96. The first-order chi connectivity index (χ1) is 10.4. The number of benzene rings is 1. The Morgan fingerprint density at radius 2 is 2.27 bits per heavy atom. The van der Waals surface area contributed by atoms with Crippen LogP contribution in [0.25, 0.3) is 0 Å². The normalized spacial score (nSPS) is 23.0. The van der Waals surface area contributed by atoms with Crippen molar-refractivity contribution in [3.05, 3.63) is 29.6 Å². The zero-order valence-corrected chi connectivity index (χ0v) is 13.2.